The quantitative estimate of drug-likeness (QED) is 0.384. The Hall–Kier alpha value is -4.38. The van der Waals surface area contributed by atoms with Gasteiger partial charge in [0.05, 0.1) is 44.4 Å². The summed E-state index contributed by atoms with van der Waals surface area (Å²) in [5.74, 6) is 2.00. The van der Waals surface area contributed by atoms with E-state index < -0.39 is 0 Å². The summed E-state index contributed by atoms with van der Waals surface area (Å²) in [4.78, 5) is 27.3. The van der Waals surface area contributed by atoms with Gasteiger partial charge in [0, 0.05) is 42.9 Å². The predicted octanol–water partition coefficient (Wildman–Crippen LogP) is 5.87. The molecule has 2 amide bonds. The number of carbonyl (C=O) groups is 1. The molecule has 1 saturated heterocycles. The van der Waals surface area contributed by atoms with E-state index in [0.29, 0.717) is 41.5 Å². The van der Waals surface area contributed by atoms with E-state index in [9.17, 15) is 4.79 Å². The van der Waals surface area contributed by atoms with Gasteiger partial charge in [0.2, 0.25) is 5.95 Å². The van der Waals surface area contributed by atoms with Crippen LogP contribution in [0.2, 0.25) is 0 Å². The van der Waals surface area contributed by atoms with Crippen molar-refractivity contribution in [2.45, 2.75) is 52.1 Å². The number of urea groups is 1. The summed E-state index contributed by atoms with van der Waals surface area (Å²) in [7, 11) is 3.18. The topological polar surface area (TPSA) is 107 Å². The monoisotopic (exact) mass is 557 g/mol. The fourth-order valence-electron chi connectivity index (χ4n) is 5.76. The van der Waals surface area contributed by atoms with Gasteiger partial charge in [0.25, 0.3) is 0 Å². The number of fused-ring (bicyclic) bond motifs is 1. The average Bonchev–Trinajstić information content (AvgIpc) is 3.46. The van der Waals surface area contributed by atoms with Crippen molar-refractivity contribution in [3.05, 3.63) is 65.3 Å². The molecule has 0 bridgehead atoms. The van der Waals surface area contributed by atoms with E-state index in [1.165, 1.54) is 5.57 Å². The van der Waals surface area contributed by atoms with Crippen molar-refractivity contribution in [3.8, 4) is 11.5 Å². The number of anilines is 4. The summed E-state index contributed by atoms with van der Waals surface area (Å²) in [6.45, 7) is 5.99. The van der Waals surface area contributed by atoms with E-state index in [0.717, 1.165) is 61.4 Å². The minimum Gasteiger partial charge on any atom is -0.497 e. The number of benzene rings is 1. The van der Waals surface area contributed by atoms with E-state index in [2.05, 4.69) is 35.3 Å². The summed E-state index contributed by atoms with van der Waals surface area (Å²) in [5.41, 5.74) is 5.39. The van der Waals surface area contributed by atoms with Gasteiger partial charge in [-0.25, -0.2) is 14.7 Å². The Morgan fingerprint density at radius 3 is 2.68 bits per heavy atom. The van der Waals surface area contributed by atoms with Crippen LogP contribution in [-0.4, -0.2) is 58.1 Å². The van der Waals surface area contributed by atoms with E-state index in [4.69, 9.17) is 19.2 Å². The van der Waals surface area contributed by atoms with Crippen molar-refractivity contribution < 1.29 is 19.0 Å². The number of hydrogen-bond acceptors (Lipinski definition) is 8. The third kappa shape index (κ3) is 5.13. The maximum Gasteiger partial charge on any atom is 0.335 e. The second-order valence-corrected chi connectivity index (χ2v) is 10.5. The van der Waals surface area contributed by atoms with Gasteiger partial charge in [-0.2, -0.15) is 10.1 Å². The van der Waals surface area contributed by atoms with Crippen molar-refractivity contribution in [2.75, 3.05) is 37.7 Å². The molecule has 0 radical (unpaired) electrons. The van der Waals surface area contributed by atoms with Crippen LogP contribution in [0.4, 0.5) is 27.9 Å². The molecule has 1 aliphatic carbocycles. The summed E-state index contributed by atoms with van der Waals surface area (Å²) >= 11 is 0. The number of ether oxygens (including phenoxy) is 3. The molecular formula is C30H35N7O4. The Morgan fingerprint density at radius 2 is 1.93 bits per heavy atom. The molecule has 0 unspecified atom stereocenters. The lowest BCUT2D eigenvalue weighted by molar-refractivity contribution is 0.0662. The zero-order chi connectivity index (χ0) is 28.5. The number of rotatable bonds is 7. The number of nitrogens with one attached hydrogen (secondary N) is 1. The Labute approximate surface area is 239 Å². The first-order valence-electron chi connectivity index (χ1n) is 13.9. The maximum absolute atomic E-state index is 14.3. The average molecular weight is 558 g/mol. The number of allylic oxidation sites excluding steroid dienone is 3. The van der Waals surface area contributed by atoms with Crippen molar-refractivity contribution in [2.24, 2.45) is 0 Å². The van der Waals surface area contributed by atoms with Gasteiger partial charge >= 0.3 is 6.03 Å². The standard InChI is InChI=1S/C30H35N7O4/c1-19-6-5-7-20(2)27(19)35-17-21-15-31-29(33-22-16-32-36(18-22)23-10-12-41-13-11-23)34-28(21)37(30(35)38)25-9-8-24(39-3)14-26(25)40-4/h6,8-9,14-16,18,23H,5,7,10-13,17H2,1-4H3,(H,31,33,34). The Bertz CT molecular complexity index is 1520. The minimum absolute atomic E-state index is 0.207. The van der Waals surface area contributed by atoms with Gasteiger partial charge in [0.1, 0.15) is 11.5 Å². The normalized spacial score (nSPS) is 17.9. The highest BCUT2D eigenvalue weighted by Crippen LogP contribution is 2.43. The Kier molecular flexibility index (Phi) is 7.36. The largest absolute Gasteiger partial charge is 0.497 e. The summed E-state index contributed by atoms with van der Waals surface area (Å²) in [6.07, 6.45) is 11.4. The molecule has 4 heterocycles. The molecule has 214 valence electrons. The first kappa shape index (κ1) is 26.8. The maximum atomic E-state index is 14.3. The molecule has 11 heteroatoms. The van der Waals surface area contributed by atoms with Crippen LogP contribution in [0.25, 0.3) is 0 Å². The molecular weight excluding hydrogens is 522 g/mol. The van der Waals surface area contributed by atoms with Crippen LogP contribution in [-0.2, 0) is 11.3 Å². The number of methoxy groups -OCH3 is 2. The second kappa shape index (κ2) is 11.2. The summed E-state index contributed by atoms with van der Waals surface area (Å²) in [6, 6.07) is 5.50. The fraction of sp³-hybridized carbons (Fsp3) is 0.400. The van der Waals surface area contributed by atoms with E-state index in [-0.39, 0.29) is 6.03 Å². The Balaban J connectivity index is 1.39. The first-order valence-corrected chi connectivity index (χ1v) is 13.9. The van der Waals surface area contributed by atoms with Gasteiger partial charge in [-0.05, 0) is 62.8 Å². The lowest BCUT2D eigenvalue weighted by Gasteiger charge is -2.39. The molecule has 1 fully saturated rings. The third-order valence-corrected chi connectivity index (χ3v) is 7.87. The van der Waals surface area contributed by atoms with Gasteiger partial charge in [-0.15, -0.1) is 0 Å². The SMILES string of the molecule is COc1ccc(N2C(=O)N(C3=C(C)CCC=C3C)Cc3cnc(Nc4cnn(C5CCOCC5)c4)nc32)c(OC)c1. The summed E-state index contributed by atoms with van der Waals surface area (Å²) in [5, 5.41) is 7.82. The van der Waals surface area contributed by atoms with Crippen LogP contribution in [0, 0.1) is 0 Å². The molecule has 2 aliphatic heterocycles. The minimum atomic E-state index is -0.207. The molecule has 0 spiro atoms. The van der Waals surface area contributed by atoms with Crippen LogP contribution in [0.15, 0.2) is 59.7 Å². The molecule has 6 rings (SSSR count). The van der Waals surface area contributed by atoms with Gasteiger partial charge in [-0.1, -0.05) is 6.08 Å². The van der Waals surface area contributed by atoms with Crippen molar-refractivity contribution in [1.82, 2.24) is 24.6 Å². The van der Waals surface area contributed by atoms with E-state index >= 15 is 0 Å². The molecule has 3 aliphatic rings. The fourth-order valence-corrected chi connectivity index (χ4v) is 5.76. The number of carbonyl (C=O) groups excluding carboxylic acids is 1. The lowest BCUT2D eigenvalue weighted by Crippen LogP contribution is -2.45. The predicted molar refractivity (Wildman–Crippen MR) is 155 cm³/mol. The van der Waals surface area contributed by atoms with Crippen molar-refractivity contribution >= 4 is 29.2 Å². The van der Waals surface area contributed by atoms with Crippen molar-refractivity contribution in [1.29, 1.82) is 0 Å². The van der Waals surface area contributed by atoms with Crippen LogP contribution in [0.3, 0.4) is 0 Å². The molecule has 3 aromatic rings. The molecule has 1 aromatic carbocycles. The van der Waals surface area contributed by atoms with Gasteiger partial charge in [0.15, 0.2) is 5.82 Å². The second-order valence-electron chi connectivity index (χ2n) is 10.5. The third-order valence-electron chi connectivity index (χ3n) is 7.87. The molecule has 41 heavy (non-hydrogen) atoms. The van der Waals surface area contributed by atoms with E-state index in [1.54, 1.807) is 37.6 Å². The zero-order valence-corrected chi connectivity index (χ0v) is 23.9. The summed E-state index contributed by atoms with van der Waals surface area (Å²) < 4.78 is 18.6. The van der Waals surface area contributed by atoms with Crippen LogP contribution in [0.1, 0.15) is 51.1 Å². The van der Waals surface area contributed by atoms with E-state index in [1.807, 2.05) is 27.9 Å². The molecule has 0 atom stereocenters. The first-order chi connectivity index (χ1) is 20.0. The highest BCUT2D eigenvalue weighted by molar-refractivity contribution is 6.03. The van der Waals surface area contributed by atoms with Crippen LogP contribution in [0.5, 0.6) is 11.5 Å². The van der Waals surface area contributed by atoms with Gasteiger partial charge < -0.3 is 19.5 Å². The molecule has 2 aromatic heterocycles. The molecule has 0 saturated carbocycles. The zero-order valence-electron chi connectivity index (χ0n) is 23.9. The van der Waals surface area contributed by atoms with Crippen molar-refractivity contribution in [3.63, 3.8) is 0 Å². The number of amides is 2. The van der Waals surface area contributed by atoms with Gasteiger partial charge in [-0.3, -0.25) is 9.58 Å². The van der Waals surface area contributed by atoms with Crippen LogP contribution >= 0.6 is 0 Å². The Morgan fingerprint density at radius 1 is 1.10 bits per heavy atom. The number of aromatic nitrogens is 4. The highest BCUT2D eigenvalue weighted by atomic mass is 16.5. The smallest absolute Gasteiger partial charge is 0.335 e. The highest BCUT2D eigenvalue weighted by Gasteiger charge is 2.38. The molecule has 1 N–H and O–H groups in total. The molecule has 11 nitrogen and oxygen atoms in total. The lowest BCUT2D eigenvalue weighted by atomic mass is 9.96. The number of hydrogen-bond donors (Lipinski definition) is 1. The number of nitrogens with zero attached hydrogens (tertiary/aromatic N) is 6. The van der Waals surface area contributed by atoms with Crippen LogP contribution < -0.4 is 19.7 Å².